The average Bonchev–Trinajstić information content (AvgIpc) is 2.89. The highest BCUT2D eigenvalue weighted by Gasteiger charge is 2.33. The van der Waals surface area contributed by atoms with Crippen molar-refractivity contribution in [1.82, 2.24) is 9.80 Å². The van der Waals surface area contributed by atoms with Gasteiger partial charge in [0.25, 0.3) is 0 Å². The van der Waals surface area contributed by atoms with Crippen LogP contribution in [-0.4, -0.2) is 49.6 Å². The summed E-state index contributed by atoms with van der Waals surface area (Å²) < 4.78 is 38.5. The second-order valence-electron chi connectivity index (χ2n) is 5.78. The van der Waals surface area contributed by atoms with Crippen molar-refractivity contribution in [3.05, 3.63) is 35.4 Å². The first-order chi connectivity index (χ1) is 9.82. The predicted octanol–water partition coefficient (Wildman–Crippen LogP) is 2.34. The first kappa shape index (κ1) is 16.3. The van der Waals surface area contributed by atoms with Gasteiger partial charge in [-0.3, -0.25) is 4.90 Å². The van der Waals surface area contributed by atoms with Crippen molar-refractivity contribution >= 4 is 0 Å². The molecule has 2 N–H and O–H groups in total. The van der Waals surface area contributed by atoms with E-state index in [1.165, 1.54) is 12.1 Å². The van der Waals surface area contributed by atoms with Gasteiger partial charge in [-0.1, -0.05) is 12.1 Å². The largest absolute Gasteiger partial charge is 0.416 e. The number of nitrogens with two attached hydrogens (primary N) is 1. The molecule has 0 bridgehead atoms. The van der Waals surface area contributed by atoms with E-state index in [1.807, 2.05) is 14.1 Å². The van der Waals surface area contributed by atoms with Crippen LogP contribution in [0.25, 0.3) is 0 Å². The molecular weight excluding hydrogens is 279 g/mol. The van der Waals surface area contributed by atoms with Crippen molar-refractivity contribution in [2.75, 3.05) is 33.7 Å². The van der Waals surface area contributed by atoms with Crippen molar-refractivity contribution in [3.63, 3.8) is 0 Å². The summed E-state index contributed by atoms with van der Waals surface area (Å²) in [6.45, 7) is 2.02. The molecule has 3 nitrogen and oxygen atoms in total. The SMILES string of the molecule is CN(C)C1CCN(C(CN)c2cccc(C(F)(F)F)c2)C1. The van der Waals surface area contributed by atoms with Crippen LogP contribution in [0.5, 0.6) is 0 Å². The van der Waals surface area contributed by atoms with Gasteiger partial charge in [0, 0.05) is 31.7 Å². The van der Waals surface area contributed by atoms with Gasteiger partial charge in [0.1, 0.15) is 0 Å². The van der Waals surface area contributed by atoms with Gasteiger partial charge in [-0.25, -0.2) is 0 Å². The molecule has 0 spiro atoms. The van der Waals surface area contributed by atoms with Gasteiger partial charge in [-0.15, -0.1) is 0 Å². The molecular formula is C15H22F3N3. The van der Waals surface area contributed by atoms with Crippen molar-refractivity contribution in [2.45, 2.75) is 24.7 Å². The Hall–Kier alpha value is -1.11. The molecule has 1 saturated heterocycles. The summed E-state index contributed by atoms with van der Waals surface area (Å²) in [5, 5.41) is 0. The summed E-state index contributed by atoms with van der Waals surface area (Å²) in [6.07, 6.45) is -3.30. The van der Waals surface area contributed by atoms with Crippen molar-refractivity contribution in [3.8, 4) is 0 Å². The lowest BCUT2D eigenvalue weighted by Crippen LogP contribution is -2.36. The molecule has 1 aliphatic rings. The first-order valence-electron chi connectivity index (χ1n) is 7.10. The molecule has 0 saturated carbocycles. The lowest BCUT2D eigenvalue weighted by atomic mass is 10.0. The van der Waals surface area contributed by atoms with Crippen LogP contribution in [0.3, 0.4) is 0 Å². The molecule has 0 aliphatic carbocycles. The molecule has 118 valence electrons. The molecule has 0 radical (unpaired) electrons. The zero-order valence-electron chi connectivity index (χ0n) is 12.4. The van der Waals surface area contributed by atoms with Crippen LogP contribution >= 0.6 is 0 Å². The van der Waals surface area contributed by atoms with Crippen LogP contribution in [0.15, 0.2) is 24.3 Å². The van der Waals surface area contributed by atoms with Gasteiger partial charge >= 0.3 is 6.18 Å². The van der Waals surface area contributed by atoms with E-state index in [0.29, 0.717) is 18.2 Å². The van der Waals surface area contributed by atoms with Gasteiger partial charge in [-0.2, -0.15) is 13.2 Å². The molecule has 1 fully saturated rings. The summed E-state index contributed by atoms with van der Waals surface area (Å²) in [7, 11) is 4.05. The Labute approximate surface area is 123 Å². The first-order valence-corrected chi connectivity index (χ1v) is 7.10. The zero-order chi connectivity index (χ0) is 15.6. The maximum atomic E-state index is 12.8. The Morgan fingerprint density at radius 3 is 2.62 bits per heavy atom. The predicted molar refractivity (Wildman–Crippen MR) is 76.9 cm³/mol. The minimum atomic E-state index is -4.31. The van der Waals surface area contributed by atoms with Crippen molar-refractivity contribution < 1.29 is 13.2 Å². The quantitative estimate of drug-likeness (QED) is 0.926. The second kappa shape index (κ2) is 6.34. The van der Waals surface area contributed by atoms with Crippen LogP contribution < -0.4 is 5.73 Å². The summed E-state index contributed by atoms with van der Waals surface area (Å²) >= 11 is 0. The van der Waals surface area contributed by atoms with E-state index < -0.39 is 11.7 Å². The number of likely N-dealkylation sites (N-methyl/N-ethyl adjacent to an activating group) is 1. The van der Waals surface area contributed by atoms with Gasteiger partial charge in [0.15, 0.2) is 0 Å². The summed E-state index contributed by atoms with van der Waals surface area (Å²) in [6, 6.07) is 5.79. The van der Waals surface area contributed by atoms with E-state index in [1.54, 1.807) is 6.07 Å². The van der Waals surface area contributed by atoms with Crippen LogP contribution in [0, 0.1) is 0 Å². The monoisotopic (exact) mass is 301 g/mol. The fraction of sp³-hybridized carbons (Fsp3) is 0.600. The van der Waals surface area contributed by atoms with Crippen molar-refractivity contribution in [2.24, 2.45) is 5.73 Å². The zero-order valence-corrected chi connectivity index (χ0v) is 12.4. The highest BCUT2D eigenvalue weighted by atomic mass is 19.4. The number of likely N-dealkylation sites (tertiary alicyclic amines) is 1. The smallest absolute Gasteiger partial charge is 0.329 e. The minimum Gasteiger partial charge on any atom is -0.329 e. The lowest BCUT2D eigenvalue weighted by molar-refractivity contribution is -0.137. The van der Waals surface area contributed by atoms with Gasteiger partial charge in [0.2, 0.25) is 0 Å². The van der Waals surface area contributed by atoms with E-state index >= 15 is 0 Å². The van der Waals surface area contributed by atoms with E-state index in [2.05, 4.69) is 9.80 Å². The van der Waals surface area contributed by atoms with Crippen LogP contribution in [-0.2, 0) is 6.18 Å². The number of hydrogen-bond acceptors (Lipinski definition) is 3. The van der Waals surface area contributed by atoms with Crippen LogP contribution in [0.2, 0.25) is 0 Å². The molecule has 1 heterocycles. The number of hydrogen-bond donors (Lipinski definition) is 1. The van der Waals surface area contributed by atoms with E-state index in [9.17, 15) is 13.2 Å². The Balaban J connectivity index is 2.19. The molecule has 2 atom stereocenters. The Morgan fingerprint density at radius 1 is 1.38 bits per heavy atom. The highest BCUT2D eigenvalue weighted by molar-refractivity contribution is 5.28. The maximum absolute atomic E-state index is 12.8. The maximum Gasteiger partial charge on any atom is 0.416 e. The molecule has 0 amide bonds. The number of nitrogens with zero attached hydrogens (tertiary/aromatic N) is 2. The minimum absolute atomic E-state index is 0.155. The third-order valence-corrected chi connectivity index (χ3v) is 4.19. The molecule has 6 heteroatoms. The lowest BCUT2D eigenvalue weighted by Gasteiger charge is -2.28. The number of halogens is 3. The van der Waals surface area contributed by atoms with Crippen LogP contribution in [0.4, 0.5) is 13.2 Å². The highest BCUT2D eigenvalue weighted by Crippen LogP contribution is 2.32. The molecule has 21 heavy (non-hydrogen) atoms. The van der Waals surface area contributed by atoms with E-state index in [-0.39, 0.29) is 6.04 Å². The Bertz CT molecular complexity index is 473. The third-order valence-electron chi connectivity index (χ3n) is 4.19. The van der Waals surface area contributed by atoms with Gasteiger partial charge in [0.05, 0.1) is 5.56 Å². The Morgan fingerprint density at radius 2 is 2.10 bits per heavy atom. The van der Waals surface area contributed by atoms with Crippen molar-refractivity contribution in [1.29, 1.82) is 0 Å². The molecule has 2 unspecified atom stereocenters. The Kier molecular flexibility index (Phi) is 4.91. The third kappa shape index (κ3) is 3.75. The summed E-state index contributed by atoms with van der Waals surface area (Å²) in [4.78, 5) is 4.33. The molecule has 1 aliphatic heterocycles. The summed E-state index contributed by atoms with van der Waals surface area (Å²) in [5.74, 6) is 0. The normalized spacial score (nSPS) is 22.0. The van der Waals surface area contributed by atoms with Crippen LogP contribution in [0.1, 0.15) is 23.6 Å². The number of benzene rings is 1. The number of alkyl halides is 3. The standard InChI is InChI=1S/C15H22F3N3/c1-20(2)13-6-7-21(10-13)14(9-19)11-4-3-5-12(8-11)15(16,17)18/h3-5,8,13-14H,6-7,9-10,19H2,1-2H3. The van der Waals surface area contributed by atoms with Gasteiger partial charge < -0.3 is 10.6 Å². The molecule has 1 aromatic rings. The molecule has 0 aromatic heterocycles. The molecule has 2 rings (SSSR count). The van der Waals surface area contributed by atoms with E-state index in [0.717, 1.165) is 25.6 Å². The fourth-order valence-electron chi connectivity index (χ4n) is 2.89. The second-order valence-corrected chi connectivity index (χ2v) is 5.78. The summed E-state index contributed by atoms with van der Waals surface area (Å²) in [5.41, 5.74) is 5.86. The van der Waals surface area contributed by atoms with E-state index in [4.69, 9.17) is 5.73 Å². The molecule has 1 aromatic carbocycles. The number of rotatable bonds is 4. The topological polar surface area (TPSA) is 32.5 Å². The average molecular weight is 301 g/mol. The van der Waals surface area contributed by atoms with Gasteiger partial charge in [-0.05, 0) is 38.2 Å². The fourth-order valence-corrected chi connectivity index (χ4v) is 2.89.